The number of hydrogen-bond donors (Lipinski definition) is 1. The Morgan fingerprint density at radius 3 is 2.52 bits per heavy atom. The van der Waals surface area contributed by atoms with Gasteiger partial charge < -0.3 is 10.1 Å². The summed E-state index contributed by atoms with van der Waals surface area (Å²) in [6, 6.07) is 0.933. The maximum absolute atomic E-state index is 12.7. The smallest absolute Gasteiger partial charge is 0.435 e. The lowest BCUT2D eigenvalue weighted by Gasteiger charge is -2.08. The number of hydrogen-bond acceptors (Lipinski definition) is 5. The molecule has 1 N–H and O–H groups in total. The SMILES string of the molecule is CCOC(=O)c1c(NC(=O)CCn2nc(C(F)(F)F)cc2C)sc(C)c1C. The molecule has 0 aromatic carbocycles. The van der Waals surface area contributed by atoms with Gasteiger partial charge in [-0.1, -0.05) is 0 Å². The van der Waals surface area contributed by atoms with E-state index in [0.717, 1.165) is 21.2 Å². The number of nitrogens with one attached hydrogen (secondary N) is 1. The van der Waals surface area contributed by atoms with Gasteiger partial charge in [0.05, 0.1) is 12.2 Å². The molecule has 2 heterocycles. The van der Waals surface area contributed by atoms with Crippen LogP contribution in [0.1, 0.15) is 45.5 Å². The normalized spacial score (nSPS) is 11.5. The van der Waals surface area contributed by atoms with Crippen LogP contribution in [0.5, 0.6) is 0 Å². The number of halogens is 3. The number of nitrogens with zero attached hydrogens (tertiary/aromatic N) is 2. The number of carbonyl (C=O) groups excluding carboxylic acids is 2. The summed E-state index contributed by atoms with van der Waals surface area (Å²) in [7, 11) is 0. The third-order valence-corrected chi connectivity index (χ3v) is 5.06. The second kappa shape index (κ2) is 8.12. The van der Waals surface area contributed by atoms with Crippen LogP contribution in [0, 0.1) is 20.8 Å². The number of amides is 1. The molecule has 1 amide bonds. The number of anilines is 1. The monoisotopic (exact) mass is 403 g/mol. The topological polar surface area (TPSA) is 73.2 Å². The van der Waals surface area contributed by atoms with E-state index in [2.05, 4.69) is 10.4 Å². The van der Waals surface area contributed by atoms with E-state index in [1.807, 2.05) is 6.92 Å². The van der Waals surface area contributed by atoms with Crippen molar-refractivity contribution in [1.82, 2.24) is 9.78 Å². The van der Waals surface area contributed by atoms with Crippen LogP contribution in [-0.2, 0) is 22.3 Å². The Kier molecular flexibility index (Phi) is 6.30. The summed E-state index contributed by atoms with van der Waals surface area (Å²) in [5.74, 6) is -0.947. The summed E-state index contributed by atoms with van der Waals surface area (Å²) in [6.45, 7) is 6.97. The summed E-state index contributed by atoms with van der Waals surface area (Å²) in [5.41, 5.74) is 0.355. The molecule has 10 heteroatoms. The van der Waals surface area contributed by atoms with E-state index in [1.165, 1.54) is 18.3 Å². The number of ether oxygens (including phenoxy) is 1. The van der Waals surface area contributed by atoms with Gasteiger partial charge in [0.2, 0.25) is 5.91 Å². The highest BCUT2D eigenvalue weighted by Gasteiger charge is 2.34. The molecule has 0 radical (unpaired) electrons. The van der Waals surface area contributed by atoms with Crippen molar-refractivity contribution in [3.05, 3.63) is 33.5 Å². The summed E-state index contributed by atoms with van der Waals surface area (Å²) in [5, 5.41) is 6.52. The highest BCUT2D eigenvalue weighted by molar-refractivity contribution is 7.16. The third kappa shape index (κ3) is 4.88. The van der Waals surface area contributed by atoms with E-state index < -0.39 is 23.7 Å². The quantitative estimate of drug-likeness (QED) is 0.738. The molecule has 0 spiro atoms. The fourth-order valence-corrected chi connectivity index (χ4v) is 3.50. The van der Waals surface area contributed by atoms with Gasteiger partial charge in [0.1, 0.15) is 5.00 Å². The van der Waals surface area contributed by atoms with Crippen LogP contribution in [-0.4, -0.2) is 28.3 Å². The van der Waals surface area contributed by atoms with Gasteiger partial charge in [-0.15, -0.1) is 11.3 Å². The minimum atomic E-state index is -4.53. The highest BCUT2D eigenvalue weighted by atomic mass is 32.1. The van der Waals surface area contributed by atoms with E-state index in [9.17, 15) is 22.8 Å². The number of aromatic nitrogens is 2. The van der Waals surface area contributed by atoms with Gasteiger partial charge in [-0.2, -0.15) is 18.3 Å². The van der Waals surface area contributed by atoms with E-state index in [4.69, 9.17) is 4.74 Å². The van der Waals surface area contributed by atoms with Crippen molar-refractivity contribution in [2.75, 3.05) is 11.9 Å². The molecule has 0 saturated carbocycles. The Morgan fingerprint density at radius 1 is 1.30 bits per heavy atom. The molecule has 0 aliphatic rings. The molecule has 0 aliphatic heterocycles. The maximum Gasteiger partial charge on any atom is 0.435 e. The Morgan fingerprint density at radius 2 is 1.96 bits per heavy atom. The first-order valence-corrected chi connectivity index (χ1v) is 9.04. The Hall–Kier alpha value is -2.36. The van der Waals surface area contributed by atoms with Crippen LogP contribution in [0.15, 0.2) is 6.07 Å². The van der Waals surface area contributed by atoms with Gasteiger partial charge in [0.15, 0.2) is 5.69 Å². The lowest BCUT2D eigenvalue weighted by molar-refractivity contribution is -0.141. The Labute approximate surface area is 158 Å². The van der Waals surface area contributed by atoms with Gasteiger partial charge in [-0.25, -0.2) is 4.79 Å². The van der Waals surface area contributed by atoms with E-state index in [0.29, 0.717) is 16.3 Å². The molecule has 0 unspecified atom stereocenters. The van der Waals surface area contributed by atoms with Crippen molar-refractivity contribution in [2.24, 2.45) is 0 Å². The molecular formula is C17H20F3N3O3S. The maximum atomic E-state index is 12.7. The predicted octanol–water partition coefficient (Wildman–Crippen LogP) is 4.09. The average molecular weight is 403 g/mol. The zero-order chi connectivity index (χ0) is 20.4. The van der Waals surface area contributed by atoms with E-state index >= 15 is 0 Å². The number of rotatable bonds is 6. The van der Waals surface area contributed by atoms with Crippen molar-refractivity contribution >= 4 is 28.2 Å². The molecule has 2 aromatic heterocycles. The fourth-order valence-electron chi connectivity index (χ4n) is 2.44. The van der Waals surface area contributed by atoms with Crippen molar-refractivity contribution in [1.29, 1.82) is 0 Å². The average Bonchev–Trinajstić information content (AvgIpc) is 3.06. The molecule has 2 rings (SSSR count). The number of aryl methyl sites for hydroxylation is 3. The molecule has 0 bridgehead atoms. The predicted molar refractivity (Wildman–Crippen MR) is 95.0 cm³/mol. The number of alkyl halides is 3. The van der Waals surface area contributed by atoms with Crippen molar-refractivity contribution in [3.8, 4) is 0 Å². The van der Waals surface area contributed by atoms with Gasteiger partial charge >= 0.3 is 12.1 Å². The number of carbonyl (C=O) groups is 2. The molecule has 0 atom stereocenters. The zero-order valence-corrected chi connectivity index (χ0v) is 16.2. The summed E-state index contributed by atoms with van der Waals surface area (Å²) < 4.78 is 44.2. The van der Waals surface area contributed by atoms with Crippen LogP contribution in [0.4, 0.5) is 18.2 Å². The van der Waals surface area contributed by atoms with Crippen molar-refractivity contribution in [3.63, 3.8) is 0 Å². The van der Waals surface area contributed by atoms with Crippen LogP contribution >= 0.6 is 11.3 Å². The third-order valence-electron chi connectivity index (χ3n) is 3.94. The fraction of sp³-hybridized carbons (Fsp3) is 0.471. The zero-order valence-electron chi connectivity index (χ0n) is 15.4. The Bertz CT molecular complexity index is 856. The molecule has 0 aliphatic carbocycles. The second-order valence-electron chi connectivity index (χ2n) is 5.90. The molecule has 2 aromatic rings. The summed E-state index contributed by atoms with van der Waals surface area (Å²) >= 11 is 1.25. The first kappa shape index (κ1) is 20.9. The van der Waals surface area contributed by atoms with Crippen LogP contribution in [0.3, 0.4) is 0 Å². The minimum Gasteiger partial charge on any atom is -0.462 e. The largest absolute Gasteiger partial charge is 0.462 e. The molecule has 6 nitrogen and oxygen atoms in total. The number of esters is 1. The first-order chi connectivity index (χ1) is 12.5. The molecule has 0 fully saturated rings. The summed E-state index contributed by atoms with van der Waals surface area (Å²) in [6.07, 6.45) is -4.61. The van der Waals surface area contributed by atoms with E-state index in [-0.39, 0.29) is 19.6 Å². The first-order valence-electron chi connectivity index (χ1n) is 8.23. The lowest BCUT2D eigenvalue weighted by atomic mass is 10.1. The Balaban J connectivity index is 2.08. The summed E-state index contributed by atoms with van der Waals surface area (Å²) in [4.78, 5) is 25.2. The second-order valence-corrected chi connectivity index (χ2v) is 7.12. The highest BCUT2D eigenvalue weighted by Crippen LogP contribution is 2.33. The van der Waals surface area contributed by atoms with Crippen molar-refractivity contribution < 1.29 is 27.5 Å². The number of thiophene rings is 1. The van der Waals surface area contributed by atoms with Crippen LogP contribution < -0.4 is 5.32 Å². The minimum absolute atomic E-state index is 0.00811. The lowest BCUT2D eigenvalue weighted by Crippen LogP contribution is -2.17. The van der Waals surface area contributed by atoms with E-state index in [1.54, 1.807) is 13.8 Å². The van der Waals surface area contributed by atoms with Crippen molar-refractivity contribution in [2.45, 2.75) is 46.8 Å². The standard InChI is InChI=1S/C17H20F3N3O3S/c1-5-26-16(25)14-10(3)11(4)27-15(14)21-13(24)6-7-23-9(2)8-12(22-23)17(18,19)20/h8H,5-7H2,1-4H3,(H,21,24). The van der Waals surface area contributed by atoms with Gasteiger partial charge in [0.25, 0.3) is 0 Å². The molecule has 0 saturated heterocycles. The van der Waals surface area contributed by atoms with Gasteiger partial charge in [-0.05, 0) is 39.3 Å². The molecule has 148 valence electrons. The molecular weight excluding hydrogens is 383 g/mol. The van der Waals surface area contributed by atoms with Gasteiger partial charge in [0, 0.05) is 23.5 Å². The van der Waals surface area contributed by atoms with Crippen LogP contribution in [0.2, 0.25) is 0 Å². The van der Waals surface area contributed by atoms with Crippen LogP contribution in [0.25, 0.3) is 0 Å². The molecule has 27 heavy (non-hydrogen) atoms. The van der Waals surface area contributed by atoms with Gasteiger partial charge in [-0.3, -0.25) is 9.48 Å².